The van der Waals surface area contributed by atoms with Gasteiger partial charge in [-0.25, -0.2) is 15.0 Å². The van der Waals surface area contributed by atoms with Crippen LogP contribution in [0, 0.1) is 0 Å². The van der Waals surface area contributed by atoms with E-state index in [4.69, 9.17) is 15.0 Å². The van der Waals surface area contributed by atoms with Gasteiger partial charge in [-0.3, -0.25) is 0 Å². The van der Waals surface area contributed by atoms with Gasteiger partial charge < -0.3 is 0 Å². The zero-order chi connectivity index (χ0) is 35.2. The van der Waals surface area contributed by atoms with Crippen LogP contribution in [0.5, 0.6) is 0 Å². The van der Waals surface area contributed by atoms with Crippen molar-refractivity contribution in [2.24, 2.45) is 0 Å². The summed E-state index contributed by atoms with van der Waals surface area (Å²) in [5, 5.41) is 2.43. The summed E-state index contributed by atoms with van der Waals surface area (Å²) in [5.41, 5.74) is 12.0. The van der Waals surface area contributed by atoms with Gasteiger partial charge in [-0.15, -0.1) is 0 Å². The molecule has 0 saturated heterocycles. The highest BCUT2D eigenvalue weighted by Gasteiger charge is 2.46. The molecule has 9 aromatic rings. The number of rotatable bonds is 6. The molecule has 0 aliphatic heterocycles. The van der Waals surface area contributed by atoms with Crippen LogP contribution in [0.1, 0.15) is 22.3 Å². The Bertz CT molecular complexity index is 2730. The molecule has 0 radical (unpaired) electrons. The lowest BCUT2D eigenvalue weighted by molar-refractivity contribution is 0.768. The maximum atomic E-state index is 5.24. The Morgan fingerprint density at radius 2 is 0.792 bits per heavy atom. The molecule has 10 rings (SSSR count). The van der Waals surface area contributed by atoms with Crippen LogP contribution >= 0.6 is 0 Å². The minimum absolute atomic E-state index is 0.518. The molecular formula is C50H33N3. The van der Waals surface area contributed by atoms with E-state index in [-0.39, 0.29) is 0 Å². The lowest BCUT2D eigenvalue weighted by atomic mass is 9.67. The van der Waals surface area contributed by atoms with Crippen LogP contribution in [0.3, 0.4) is 0 Å². The summed E-state index contributed by atoms with van der Waals surface area (Å²) in [7, 11) is 0. The van der Waals surface area contributed by atoms with Crippen LogP contribution < -0.4 is 0 Å². The van der Waals surface area contributed by atoms with Crippen molar-refractivity contribution < 1.29 is 0 Å². The fraction of sp³-hybridized carbons (Fsp3) is 0.0200. The summed E-state index contributed by atoms with van der Waals surface area (Å²) in [6.45, 7) is 0. The second kappa shape index (κ2) is 12.7. The van der Waals surface area contributed by atoms with Crippen LogP contribution in [0.15, 0.2) is 200 Å². The summed E-state index contributed by atoms with van der Waals surface area (Å²) < 4.78 is 0. The molecule has 248 valence electrons. The molecule has 0 amide bonds. The molecule has 0 bridgehead atoms. The predicted octanol–water partition coefficient (Wildman–Crippen LogP) is 12.1. The van der Waals surface area contributed by atoms with E-state index in [1.165, 1.54) is 49.7 Å². The Morgan fingerprint density at radius 1 is 0.302 bits per heavy atom. The maximum Gasteiger partial charge on any atom is 0.164 e. The van der Waals surface area contributed by atoms with Gasteiger partial charge in [-0.2, -0.15) is 0 Å². The van der Waals surface area contributed by atoms with Crippen molar-refractivity contribution in [1.29, 1.82) is 0 Å². The van der Waals surface area contributed by atoms with E-state index in [0.29, 0.717) is 17.5 Å². The van der Waals surface area contributed by atoms with Crippen LogP contribution in [0.4, 0.5) is 0 Å². The monoisotopic (exact) mass is 675 g/mol. The average molecular weight is 676 g/mol. The Balaban J connectivity index is 1.19. The smallest absolute Gasteiger partial charge is 0.164 e. The van der Waals surface area contributed by atoms with E-state index < -0.39 is 5.41 Å². The summed E-state index contributed by atoms with van der Waals surface area (Å²) >= 11 is 0. The zero-order valence-corrected chi connectivity index (χ0v) is 28.9. The van der Waals surface area contributed by atoms with E-state index in [9.17, 15) is 0 Å². The van der Waals surface area contributed by atoms with Crippen molar-refractivity contribution >= 4 is 10.8 Å². The molecule has 1 heterocycles. The molecule has 3 heteroatoms. The van der Waals surface area contributed by atoms with Crippen molar-refractivity contribution in [2.75, 3.05) is 0 Å². The standard InChI is InChI=1S/C50H33N3/c1-4-17-35(18-5-1)47-51-48(37-21-14-20-36(32-37)42-28-15-19-34-16-10-11-26-41(34)42)53-49(52-47)38-30-31-44-43-27-12-13-29-45(43)50(46(44)33-38,39-22-6-2-7-23-39)40-24-8-3-9-25-40/h1-33H. The zero-order valence-electron chi connectivity index (χ0n) is 28.9. The van der Waals surface area contributed by atoms with Crippen molar-refractivity contribution in [2.45, 2.75) is 5.41 Å². The third kappa shape index (κ3) is 5.09. The summed E-state index contributed by atoms with van der Waals surface area (Å²) in [6, 6.07) is 71.1. The molecule has 0 fully saturated rings. The van der Waals surface area contributed by atoms with Crippen molar-refractivity contribution in [3.63, 3.8) is 0 Å². The van der Waals surface area contributed by atoms with E-state index in [2.05, 4.69) is 182 Å². The Hall–Kier alpha value is -6.97. The Morgan fingerprint density at radius 3 is 1.53 bits per heavy atom. The first-order chi connectivity index (χ1) is 26.3. The van der Waals surface area contributed by atoms with E-state index in [1.807, 2.05) is 18.2 Å². The van der Waals surface area contributed by atoms with Crippen molar-refractivity contribution in [3.05, 3.63) is 222 Å². The highest BCUT2D eigenvalue weighted by Crippen LogP contribution is 2.56. The molecule has 0 N–H and O–H groups in total. The summed E-state index contributed by atoms with van der Waals surface area (Å²) in [4.78, 5) is 15.5. The van der Waals surface area contributed by atoms with Gasteiger partial charge in [-0.05, 0) is 67.4 Å². The third-order valence-electron chi connectivity index (χ3n) is 10.6. The number of hydrogen-bond acceptors (Lipinski definition) is 3. The molecule has 1 aliphatic rings. The average Bonchev–Trinajstić information content (AvgIpc) is 3.55. The number of fused-ring (bicyclic) bond motifs is 4. The van der Waals surface area contributed by atoms with Gasteiger partial charge in [-0.1, -0.05) is 188 Å². The van der Waals surface area contributed by atoms with Gasteiger partial charge in [0, 0.05) is 16.7 Å². The highest BCUT2D eigenvalue weighted by atomic mass is 15.0. The van der Waals surface area contributed by atoms with Gasteiger partial charge >= 0.3 is 0 Å². The van der Waals surface area contributed by atoms with Gasteiger partial charge in [0.2, 0.25) is 0 Å². The third-order valence-corrected chi connectivity index (χ3v) is 10.6. The SMILES string of the molecule is c1ccc(-c2nc(-c3cccc(-c4cccc5ccccc45)c3)nc(-c3ccc4c(c3)C(c3ccccc3)(c3ccccc3)c3ccccc3-4)n2)cc1. The second-order valence-electron chi connectivity index (χ2n) is 13.6. The molecule has 8 aromatic carbocycles. The van der Waals surface area contributed by atoms with Gasteiger partial charge in [0.15, 0.2) is 17.5 Å². The highest BCUT2D eigenvalue weighted by molar-refractivity contribution is 5.97. The second-order valence-corrected chi connectivity index (χ2v) is 13.6. The Labute approximate surface area is 309 Å². The Kier molecular flexibility index (Phi) is 7.36. The molecule has 1 aromatic heterocycles. The van der Waals surface area contributed by atoms with Crippen LogP contribution in [0.2, 0.25) is 0 Å². The van der Waals surface area contributed by atoms with Crippen LogP contribution in [0.25, 0.3) is 67.2 Å². The largest absolute Gasteiger partial charge is 0.208 e. The first-order valence-corrected chi connectivity index (χ1v) is 18.0. The molecule has 0 saturated carbocycles. The van der Waals surface area contributed by atoms with E-state index in [1.54, 1.807) is 0 Å². The molecule has 3 nitrogen and oxygen atoms in total. The predicted molar refractivity (Wildman–Crippen MR) is 216 cm³/mol. The number of hydrogen-bond donors (Lipinski definition) is 0. The molecule has 0 unspecified atom stereocenters. The normalized spacial score (nSPS) is 12.7. The molecule has 0 spiro atoms. The minimum Gasteiger partial charge on any atom is -0.208 e. The first kappa shape index (κ1) is 30.8. The maximum absolute atomic E-state index is 5.24. The summed E-state index contributed by atoms with van der Waals surface area (Å²) in [6.07, 6.45) is 0. The molecule has 0 atom stereocenters. The van der Waals surface area contributed by atoms with Gasteiger partial charge in [0.1, 0.15) is 0 Å². The molecular weight excluding hydrogens is 643 g/mol. The number of aromatic nitrogens is 3. The summed E-state index contributed by atoms with van der Waals surface area (Å²) in [5.74, 6) is 1.91. The fourth-order valence-electron chi connectivity index (χ4n) is 8.24. The van der Waals surface area contributed by atoms with Crippen molar-refractivity contribution in [1.82, 2.24) is 15.0 Å². The lowest BCUT2D eigenvalue weighted by Crippen LogP contribution is -2.28. The quantitative estimate of drug-likeness (QED) is 0.176. The van der Waals surface area contributed by atoms with Crippen LogP contribution in [-0.4, -0.2) is 15.0 Å². The minimum atomic E-state index is -0.518. The number of nitrogens with zero attached hydrogens (tertiary/aromatic N) is 3. The van der Waals surface area contributed by atoms with E-state index in [0.717, 1.165) is 22.3 Å². The molecule has 53 heavy (non-hydrogen) atoms. The van der Waals surface area contributed by atoms with E-state index >= 15 is 0 Å². The molecule has 1 aliphatic carbocycles. The van der Waals surface area contributed by atoms with Gasteiger partial charge in [0.25, 0.3) is 0 Å². The topological polar surface area (TPSA) is 38.7 Å². The fourth-order valence-corrected chi connectivity index (χ4v) is 8.24. The number of benzene rings is 8. The van der Waals surface area contributed by atoms with Crippen molar-refractivity contribution in [3.8, 4) is 56.4 Å². The lowest BCUT2D eigenvalue weighted by Gasteiger charge is -2.34. The van der Waals surface area contributed by atoms with Gasteiger partial charge in [0.05, 0.1) is 5.41 Å². The first-order valence-electron chi connectivity index (χ1n) is 18.0. The van der Waals surface area contributed by atoms with Crippen LogP contribution in [-0.2, 0) is 5.41 Å².